The van der Waals surface area contributed by atoms with E-state index < -0.39 is 0 Å². The molecule has 0 aliphatic heterocycles. The zero-order chi connectivity index (χ0) is 20.0. The maximum absolute atomic E-state index is 13.6. The van der Waals surface area contributed by atoms with Crippen molar-refractivity contribution in [3.63, 3.8) is 0 Å². The number of nitrogens with one attached hydrogen (secondary N) is 1. The number of nitrogens with zero attached hydrogens (tertiary/aromatic N) is 1. The number of hydrazine groups is 1. The molecule has 0 aromatic heterocycles. The van der Waals surface area contributed by atoms with E-state index in [-0.39, 0.29) is 17.4 Å². The van der Waals surface area contributed by atoms with E-state index in [9.17, 15) is 9.59 Å². The van der Waals surface area contributed by atoms with Gasteiger partial charge in [-0.15, -0.1) is 0 Å². The van der Waals surface area contributed by atoms with Crippen molar-refractivity contribution in [2.24, 2.45) is 17.8 Å². The average molecular weight is 409 g/mol. The molecule has 5 heteroatoms. The third-order valence-corrected chi connectivity index (χ3v) is 7.28. The van der Waals surface area contributed by atoms with Crippen LogP contribution in [0.5, 0.6) is 0 Å². The van der Waals surface area contributed by atoms with Crippen LogP contribution in [0.4, 0.5) is 0 Å². The molecule has 6 rings (SSSR count). The first-order valence-corrected chi connectivity index (χ1v) is 10.9. The molecule has 0 heterocycles. The fourth-order valence-corrected chi connectivity index (χ4v) is 6.33. The van der Waals surface area contributed by atoms with Gasteiger partial charge in [-0.1, -0.05) is 29.8 Å². The van der Waals surface area contributed by atoms with Gasteiger partial charge in [0, 0.05) is 16.1 Å². The molecular formula is C24H25ClN2O2. The number of halogens is 1. The monoisotopic (exact) mass is 408 g/mol. The largest absolute Gasteiger partial charge is 0.272 e. The van der Waals surface area contributed by atoms with Crippen molar-refractivity contribution >= 4 is 23.4 Å². The summed E-state index contributed by atoms with van der Waals surface area (Å²) in [6.07, 6.45) is 6.78. The molecule has 0 radical (unpaired) electrons. The van der Waals surface area contributed by atoms with Gasteiger partial charge in [-0.05, 0) is 92.7 Å². The minimum Gasteiger partial charge on any atom is -0.267 e. The highest BCUT2D eigenvalue weighted by Crippen LogP contribution is 2.57. The molecule has 0 spiro atoms. The van der Waals surface area contributed by atoms with Crippen molar-refractivity contribution in [2.45, 2.75) is 44.1 Å². The van der Waals surface area contributed by atoms with Gasteiger partial charge < -0.3 is 0 Å². The number of rotatable bonds is 3. The van der Waals surface area contributed by atoms with E-state index in [4.69, 9.17) is 11.6 Å². The van der Waals surface area contributed by atoms with E-state index in [1.807, 2.05) is 30.3 Å². The highest BCUT2D eigenvalue weighted by atomic mass is 35.5. The number of benzene rings is 2. The third-order valence-electron chi connectivity index (χ3n) is 7.02. The number of amides is 2. The van der Waals surface area contributed by atoms with Crippen LogP contribution in [-0.4, -0.2) is 22.4 Å². The minimum atomic E-state index is -0.274. The number of hydrogen-bond acceptors (Lipinski definition) is 2. The van der Waals surface area contributed by atoms with E-state index >= 15 is 0 Å². The SMILES string of the molecule is O=C(NN(C(=O)c1ccccc1)C12CC3CC(CC(C3)C1)C2)c1ccc(Cl)cc1. The molecule has 2 aromatic carbocycles. The molecule has 4 fully saturated rings. The van der Waals surface area contributed by atoms with Gasteiger partial charge in [0.2, 0.25) is 0 Å². The van der Waals surface area contributed by atoms with Crippen LogP contribution in [-0.2, 0) is 0 Å². The Hall–Kier alpha value is -2.33. The maximum atomic E-state index is 13.6. The Labute approximate surface area is 176 Å². The molecule has 150 valence electrons. The molecule has 4 aliphatic rings. The maximum Gasteiger partial charge on any atom is 0.272 e. The molecule has 29 heavy (non-hydrogen) atoms. The van der Waals surface area contributed by atoms with E-state index in [1.165, 1.54) is 19.3 Å². The van der Waals surface area contributed by atoms with Crippen molar-refractivity contribution in [2.75, 3.05) is 0 Å². The Morgan fingerprint density at radius 2 is 1.38 bits per heavy atom. The summed E-state index contributed by atoms with van der Waals surface area (Å²) in [5, 5.41) is 2.28. The van der Waals surface area contributed by atoms with E-state index in [1.54, 1.807) is 29.3 Å². The van der Waals surface area contributed by atoms with Crippen LogP contribution in [0.2, 0.25) is 5.02 Å². The summed E-state index contributed by atoms with van der Waals surface area (Å²) in [6, 6.07) is 16.1. The fourth-order valence-electron chi connectivity index (χ4n) is 6.20. The lowest BCUT2D eigenvalue weighted by Crippen LogP contribution is -2.66. The quantitative estimate of drug-likeness (QED) is 0.718. The Morgan fingerprint density at radius 3 is 1.93 bits per heavy atom. The van der Waals surface area contributed by atoms with Crippen LogP contribution in [0.25, 0.3) is 0 Å². The summed E-state index contributed by atoms with van der Waals surface area (Å²) in [6.45, 7) is 0. The minimum absolute atomic E-state index is 0.116. The molecule has 4 aliphatic carbocycles. The van der Waals surface area contributed by atoms with Crippen LogP contribution >= 0.6 is 11.6 Å². The first-order valence-electron chi connectivity index (χ1n) is 10.5. The van der Waals surface area contributed by atoms with Gasteiger partial charge in [-0.3, -0.25) is 15.0 Å². The summed E-state index contributed by atoms with van der Waals surface area (Å²) in [5.41, 5.74) is 3.85. The molecule has 4 saturated carbocycles. The van der Waals surface area contributed by atoms with Gasteiger partial charge in [0.15, 0.2) is 0 Å². The van der Waals surface area contributed by atoms with Crippen molar-refractivity contribution < 1.29 is 9.59 Å². The first kappa shape index (κ1) is 18.7. The number of hydrogen-bond donors (Lipinski definition) is 1. The standard InChI is InChI=1S/C24H25ClN2O2/c25-21-8-6-19(7-9-21)22(28)26-27(23(29)20-4-2-1-3-5-20)24-13-16-10-17(14-24)12-18(11-16)15-24/h1-9,16-18H,10-15H2,(H,26,28). The van der Waals surface area contributed by atoms with E-state index in [0.29, 0.717) is 33.9 Å². The second-order valence-corrected chi connectivity index (χ2v) is 9.53. The van der Waals surface area contributed by atoms with E-state index in [0.717, 1.165) is 19.3 Å². The third kappa shape index (κ3) is 3.44. The highest BCUT2D eigenvalue weighted by Gasteiger charge is 2.55. The second kappa shape index (κ2) is 7.17. The molecule has 4 bridgehead atoms. The summed E-state index contributed by atoms with van der Waals surface area (Å²) in [5.74, 6) is 1.62. The lowest BCUT2D eigenvalue weighted by Gasteiger charge is -2.59. The van der Waals surface area contributed by atoms with Gasteiger partial charge in [0.1, 0.15) is 0 Å². The van der Waals surface area contributed by atoms with Crippen LogP contribution in [0.3, 0.4) is 0 Å². The van der Waals surface area contributed by atoms with Crippen molar-refractivity contribution in [3.8, 4) is 0 Å². The predicted molar refractivity (Wildman–Crippen MR) is 112 cm³/mol. The van der Waals surface area contributed by atoms with E-state index in [2.05, 4.69) is 5.43 Å². The molecule has 0 unspecified atom stereocenters. The lowest BCUT2D eigenvalue weighted by molar-refractivity contribution is -0.0875. The van der Waals surface area contributed by atoms with Gasteiger partial charge in [0.05, 0.1) is 5.54 Å². The summed E-state index contributed by atoms with van der Waals surface area (Å²) in [7, 11) is 0. The Balaban J connectivity index is 1.49. The topological polar surface area (TPSA) is 49.4 Å². The second-order valence-electron chi connectivity index (χ2n) is 9.10. The van der Waals surface area contributed by atoms with Crippen LogP contribution in [0, 0.1) is 17.8 Å². The zero-order valence-electron chi connectivity index (χ0n) is 16.3. The Bertz CT molecular complexity index is 890. The van der Waals surface area contributed by atoms with Crippen LogP contribution in [0.15, 0.2) is 54.6 Å². The van der Waals surface area contributed by atoms with Gasteiger partial charge in [0.25, 0.3) is 11.8 Å². The summed E-state index contributed by atoms with van der Waals surface area (Å²) >= 11 is 5.97. The summed E-state index contributed by atoms with van der Waals surface area (Å²) in [4.78, 5) is 26.6. The van der Waals surface area contributed by atoms with Gasteiger partial charge in [-0.25, -0.2) is 5.01 Å². The Kier molecular flexibility index (Phi) is 4.62. The predicted octanol–water partition coefficient (Wildman–Crippen LogP) is 5.10. The molecular weight excluding hydrogens is 384 g/mol. The van der Waals surface area contributed by atoms with Crippen molar-refractivity contribution in [1.82, 2.24) is 10.4 Å². The molecule has 4 nitrogen and oxygen atoms in total. The summed E-state index contributed by atoms with van der Waals surface area (Å²) < 4.78 is 0. The lowest BCUT2D eigenvalue weighted by atomic mass is 9.52. The van der Waals surface area contributed by atoms with Gasteiger partial charge in [-0.2, -0.15) is 0 Å². The molecule has 2 aromatic rings. The average Bonchev–Trinajstić information content (AvgIpc) is 2.71. The smallest absolute Gasteiger partial charge is 0.267 e. The number of carbonyl (C=O) groups is 2. The Morgan fingerprint density at radius 1 is 0.828 bits per heavy atom. The molecule has 1 N–H and O–H groups in total. The van der Waals surface area contributed by atoms with Gasteiger partial charge >= 0.3 is 0 Å². The molecule has 0 atom stereocenters. The molecule has 2 amide bonds. The van der Waals surface area contributed by atoms with Crippen LogP contribution in [0.1, 0.15) is 59.2 Å². The zero-order valence-corrected chi connectivity index (χ0v) is 17.1. The van der Waals surface area contributed by atoms with Crippen LogP contribution < -0.4 is 5.43 Å². The number of carbonyl (C=O) groups excluding carboxylic acids is 2. The fraction of sp³-hybridized carbons (Fsp3) is 0.417. The normalized spacial score (nSPS) is 29.5. The van der Waals surface area contributed by atoms with Crippen molar-refractivity contribution in [1.29, 1.82) is 0 Å². The highest BCUT2D eigenvalue weighted by molar-refractivity contribution is 6.30. The van der Waals surface area contributed by atoms with Crippen molar-refractivity contribution in [3.05, 3.63) is 70.7 Å². The first-order chi connectivity index (χ1) is 14.0. The molecule has 0 saturated heterocycles.